The van der Waals surface area contributed by atoms with Crippen molar-refractivity contribution in [3.8, 4) is 0 Å². The van der Waals surface area contributed by atoms with Gasteiger partial charge in [-0.2, -0.15) is 0 Å². The van der Waals surface area contributed by atoms with Crippen molar-refractivity contribution in [2.75, 3.05) is 0 Å². The smallest absolute Gasteiger partial charge is 0.277 e. The number of hydrogen-bond acceptors (Lipinski definition) is 4. The van der Waals surface area contributed by atoms with Gasteiger partial charge in [0, 0.05) is 0 Å². The zero-order valence-corrected chi connectivity index (χ0v) is 4.36. The molecule has 10 heavy (non-hydrogen) atoms. The molecule has 0 aromatic rings. The maximum Gasteiger partial charge on any atom is 0.324 e. The van der Waals surface area contributed by atoms with E-state index in [1.807, 2.05) is 0 Å². The quantitative estimate of drug-likeness (QED) is 0.356. The van der Waals surface area contributed by atoms with Crippen LogP contribution in [0.25, 0.3) is 0 Å². The third-order valence-electron chi connectivity index (χ3n) is 0.654. The van der Waals surface area contributed by atoms with E-state index >= 15 is 0 Å². The molecule has 0 radical (unpaired) electrons. The minimum atomic E-state index is -3.88. The van der Waals surface area contributed by atoms with E-state index in [1.54, 1.807) is 0 Å². The molecule has 3 N–H and O–H groups in total. The molecular weight excluding hydrogens is 163 g/mol. The van der Waals surface area contributed by atoms with Crippen LogP contribution in [0.15, 0.2) is 0 Å². The predicted molar refractivity (Wildman–Crippen MR) is 19.3 cm³/mol. The fourth-order valence-electron chi connectivity index (χ4n) is 0.121. The van der Waals surface area contributed by atoms with Crippen molar-refractivity contribution in [2.24, 2.45) is 5.73 Å². The summed E-state index contributed by atoms with van der Waals surface area (Å²) in [4.78, 5) is 0. The second-order valence-corrected chi connectivity index (χ2v) is 1.29. The second-order valence-electron chi connectivity index (χ2n) is 1.29. The largest absolute Gasteiger partial charge is 0.324 e. The molecule has 0 aliphatic rings. The number of nitrogens with zero attached hydrogens (tertiary/aromatic N) is 2. The highest BCUT2D eigenvalue weighted by molar-refractivity contribution is 4.57. The fourth-order valence-corrected chi connectivity index (χ4v) is 0.121. The van der Waals surface area contributed by atoms with Gasteiger partial charge in [-0.1, -0.05) is 17.9 Å². The third-order valence-corrected chi connectivity index (χ3v) is 0.654. The summed E-state index contributed by atoms with van der Waals surface area (Å²) in [5.41, 5.74) is 4.06. The first-order valence-electron chi connectivity index (χ1n) is 1.85. The van der Waals surface area contributed by atoms with Gasteiger partial charge in [0.1, 0.15) is 0 Å². The van der Waals surface area contributed by atoms with Gasteiger partial charge >= 0.3 is 5.91 Å². The van der Waals surface area contributed by atoms with Gasteiger partial charge in [-0.25, -0.2) is 0 Å². The Morgan fingerprint density at radius 1 is 1.10 bits per heavy atom. The lowest BCUT2D eigenvalue weighted by Crippen LogP contribution is -2.64. The molecule has 62 valence electrons. The summed E-state index contributed by atoms with van der Waals surface area (Å²) >= 11 is 0. The lowest BCUT2D eigenvalue weighted by molar-refractivity contribution is -0.392. The summed E-state index contributed by atoms with van der Waals surface area (Å²) in [6.45, 7) is 0. The van der Waals surface area contributed by atoms with E-state index in [4.69, 9.17) is 0 Å². The molecule has 0 aromatic carbocycles. The van der Waals surface area contributed by atoms with Crippen LogP contribution in [0.4, 0.5) is 22.4 Å². The van der Waals surface area contributed by atoms with Crippen LogP contribution in [0.3, 0.4) is 0 Å². The van der Waals surface area contributed by atoms with Crippen LogP contribution in [0.2, 0.25) is 0 Å². The maximum atomic E-state index is 11.2. The van der Waals surface area contributed by atoms with Crippen molar-refractivity contribution in [2.45, 2.75) is 5.91 Å². The lowest BCUT2D eigenvalue weighted by Gasteiger charge is -2.24. The Morgan fingerprint density at radius 3 is 1.40 bits per heavy atom. The molecule has 0 amide bonds. The Kier molecular flexibility index (Phi) is 2.90. The average molecular weight is 166 g/mol. The molecule has 4 nitrogen and oxygen atoms in total. The highest BCUT2D eigenvalue weighted by atomic mass is 19.4. The minimum absolute atomic E-state index is 0.00694. The number of nitrogens with one attached hydrogen (secondary N) is 1. The standard InChI is InChI=1S/CH3F5N4/c2-8-1(7,9(3)4)10(5)6/h8H,7H2. The van der Waals surface area contributed by atoms with Gasteiger partial charge in [0.25, 0.3) is 0 Å². The zero-order chi connectivity index (χ0) is 8.36. The number of rotatable bonds is 3. The summed E-state index contributed by atoms with van der Waals surface area (Å²) in [7, 11) is 0. The molecule has 0 aliphatic carbocycles. The van der Waals surface area contributed by atoms with E-state index in [2.05, 4.69) is 5.73 Å². The summed E-state index contributed by atoms with van der Waals surface area (Å²) in [6.07, 6.45) is 0. The first-order chi connectivity index (χ1) is 4.45. The average Bonchev–Trinajstić information content (AvgIpc) is 1.85. The Balaban J connectivity index is 4.23. The lowest BCUT2D eigenvalue weighted by atomic mass is 10.7. The molecule has 0 rings (SSSR count). The molecule has 0 heterocycles. The van der Waals surface area contributed by atoms with E-state index in [0.717, 1.165) is 0 Å². The molecule has 0 spiro atoms. The summed E-state index contributed by atoms with van der Waals surface area (Å²) in [5, 5.41) is -4.43. The van der Waals surface area contributed by atoms with Crippen molar-refractivity contribution in [1.29, 1.82) is 0 Å². The molecule has 0 saturated heterocycles. The van der Waals surface area contributed by atoms with Gasteiger partial charge < -0.3 is 0 Å². The van der Waals surface area contributed by atoms with Crippen molar-refractivity contribution in [3.63, 3.8) is 0 Å². The molecule has 0 aromatic heterocycles. The van der Waals surface area contributed by atoms with Crippen molar-refractivity contribution >= 4 is 0 Å². The molecule has 9 heteroatoms. The Morgan fingerprint density at radius 2 is 1.40 bits per heavy atom. The first-order valence-corrected chi connectivity index (χ1v) is 1.85. The molecule has 0 atom stereocenters. The number of nitrogens with two attached hydrogens (primary N) is 1. The van der Waals surface area contributed by atoms with Gasteiger partial charge in [-0.05, 0) is 0 Å². The molecule has 0 aliphatic heterocycles. The topological polar surface area (TPSA) is 44.5 Å². The van der Waals surface area contributed by atoms with E-state index in [-0.39, 0.29) is 5.54 Å². The second kappa shape index (κ2) is 3.05. The number of hydrogen-bond donors (Lipinski definition) is 2. The van der Waals surface area contributed by atoms with Crippen LogP contribution < -0.4 is 11.3 Å². The van der Waals surface area contributed by atoms with E-state index in [0.29, 0.717) is 0 Å². The van der Waals surface area contributed by atoms with E-state index < -0.39 is 16.6 Å². The monoisotopic (exact) mass is 166 g/mol. The SMILES string of the molecule is NC(NF)(N(F)F)N(F)F. The van der Waals surface area contributed by atoms with Crippen molar-refractivity contribution in [3.05, 3.63) is 0 Å². The summed E-state index contributed by atoms with van der Waals surface area (Å²) in [5.74, 6) is -3.88. The van der Waals surface area contributed by atoms with Gasteiger partial charge in [-0.15, -0.1) is 10.0 Å². The van der Waals surface area contributed by atoms with Gasteiger partial charge in [0.2, 0.25) is 0 Å². The third kappa shape index (κ3) is 1.50. The molecule has 0 bridgehead atoms. The van der Waals surface area contributed by atoms with E-state index in [1.165, 1.54) is 0 Å². The van der Waals surface area contributed by atoms with Crippen molar-refractivity contribution in [1.82, 2.24) is 16.2 Å². The number of halogens is 5. The van der Waals surface area contributed by atoms with Crippen LogP contribution in [0.1, 0.15) is 0 Å². The van der Waals surface area contributed by atoms with Crippen LogP contribution in [-0.2, 0) is 0 Å². The minimum Gasteiger partial charge on any atom is -0.277 e. The van der Waals surface area contributed by atoms with Crippen LogP contribution in [0, 0.1) is 0 Å². The molecular formula is CH3F5N4. The first kappa shape index (κ1) is 9.49. The molecule has 0 saturated carbocycles. The van der Waals surface area contributed by atoms with Crippen LogP contribution >= 0.6 is 0 Å². The normalized spacial score (nSPS) is 13.2. The van der Waals surface area contributed by atoms with E-state index in [9.17, 15) is 22.4 Å². The fraction of sp³-hybridized carbons (Fsp3) is 1.00. The highest BCUT2D eigenvalue weighted by Crippen LogP contribution is 2.13. The van der Waals surface area contributed by atoms with Gasteiger partial charge in [0.05, 0.1) is 10.7 Å². The molecule has 0 unspecified atom stereocenters. The van der Waals surface area contributed by atoms with Crippen LogP contribution in [0.5, 0.6) is 0 Å². The van der Waals surface area contributed by atoms with Crippen molar-refractivity contribution < 1.29 is 22.4 Å². The van der Waals surface area contributed by atoms with Gasteiger partial charge in [0.15, 0.2) is 0 Å². The molecule has 0 fully saturated rings. The Bertz CT molecular complexity index is 95.8. The van der Waals surface area contributed by atoms with Gasteiger partial charge in [-0.3, -0.25) is 5.73 Å². The predicted octanol–water partition coefficient (Wildman–Crippen LogP) is 0.173. The Hall–Kier alpha value is -0.510. The maximum absolute atomic E-state index is 11.2. The van der Waals surface area contributed by atoms with Crippen LogP contribution in [-0.4, -0.2) is 16.6 Å². The summed E-state index contributed by atoms with van der Waals surface area (Å²) < 4.78 is 56.0. The zero-order valence-electron chi connectivity index (χ0n) is 4.36. The highest BCUT2D eigenvalue weighted by Gasteiger charge is 2.44. The Labute approximate surface area is 51.7 Å². The summed E-state index contributed by atoms with van der Waals surface area (Å²) in [6, 6.07) is 0.